The molecule has 0 radical (unpaired) electrons. The van der Waals surface area contributed by atoms with Crippen LogP contribution < -0.4 is 4.74 Å². The lowest BCUT2D eigenvalue weighted by atomic mass is 10.2. The first-order chi connectivity index (χ1) is 9.24. The molecule has 0 atom stereocenters. The van der Waals surface area contributed by atoms with Gasteiger partial charge in [-0.05, 0) is 24.8 Å². The molecule has 4 heteroatoms. The lowest BCUT2D eigenvalue weighted by molar-refractivity contribution is 0.291. The zero-order valence-corrected chi connectivity index (χ0v) is 11.7. The second-order valence-corrected chi connectivity index (χ2v) is 4.88. The van der Waals surface area contributed by atoms with Gasteiger partial charge in [-0.25, -0.2) is 4.98 Å². The second-order valence-electron chi connectivity index (χ2n) is 4.03. The maximum absolute atomic E-state index is 9.24. The number of nitrogens with zero attached hydrogens (tertiary/aromatic N) is 2. The number of aryl methyl sites for hydroxylation is 1. The topological polar surface area (TPSA) is 45.9 Å². The van der Waals surface area contributed by atoms with E-state index >= 15 is 0 Å². The molecule has 1 heterocycles. The van der Waals surface area contributed by atoms with Crippen LogP contribution >= 0.6 is 11.8 Å². The molecule has 0 unspecified atom stereocenters. The highest BCUT2D eigenvalue weighted by atomic mass is 32.2. The van der Waals surface area contributed by atoms with E-state index in [1.165, 1.54) is 11.8 Å². The fourth-order valence-electron chi connectivity index (χ4n) is 1.71. The monoisotopic (exact) mass is 270 g/mol. The van der Waals surface area contributed by atoms with Gasteiger partial charge in [-0.3, -0.25) is 0 Å². The van der Waals surface area contributed by atoms with Gasteiger partial charge in [0.2, 0.25) is 5.88 Å². The lowest BCUT2D eigenvalue weighted by Gasteiger charge is -2.10. The van der Waals surface area contributed by atoms with Gasteiger partial charge < -0.3 is 4.74 Å². The molecule has 1 aromatic heterocycles. The number of benzene rings is 1. The van der Waals surface area contributed by atoms with Crippen molar-refractivity contribution < 1.29 is 4.74 Å². The summed E-state index contributed by atoms with van der Waals surface area (Å²) in [5.41, 5.74) is 2.42. The summed E-state index contributed by atoms with van der Waals surface area (Å²) in [6.07, 6.45) is 1.94. The van der Waals surface area contributed by atoms with Crippen LogP contribution in [0.5, 0.6) is 5.88 Å². The fraction of sp³-hybridized carbons (Fsp3) is 0.200. The molecule has 3 nitrogen and oxygen atoms in total. The number of rotatable bonds is 4. The van der Waals surface area contributed by atoms with Gasteiger partial charge >= 0.3 is 0 Å². The predicted molar refractivity (Wildman–Crippen MR) is 76.2 cm³/mol. The van der Waals surface area contributed by atoms with Crippen molar-refractivity contribution in [2.75, 3.05) is 6.26 Å². The Morgan fingerprint density at radius 3 is 2.68 bits per heavy atom. The molecule has 2 aromatic rings. The standard InChI is InChI=1S/C15H14N2OS/c1-11-8-14(19-2)13(9-16)15(17-11)18-10-12-6-4-3-5-7-12/h3-8H,10H2,1-2H3. The average Bonchev–Trinajstić information content (AvgIpc) is 2.45. The van der Waals surface area contributed by atoms with Crippen LogP contribution in [0.2, 0.25) is 0 Å². The van der Waals surface area contributed by atoms with Crippen LogP contribution in [0.15, 0.2) is 41.3 Å². The molecule has 2 rings (SSSR count). The predicted octanol–water partition coefficient (Wildman–Crippen LogP) is 3.56. The molecule has 0 amide bonds. The summed E-state index contributed by atoms with van der Waals surface area (Å²) in [7, 11) is 0. The van der Waals surface area contributed by atoms with Gasteiger partial charge in [-0.2, -0.15) is 5.26 Å². The zero-order valence-electron chi connectivity index (χ0n) is 10.9. The third kappa shape index (κ3) is 3.27. The van der Waals surface area contributed by atoms with Gasteiger partial charge in [0.25, 0.3) is 0 Å². The van der Waals surface area contributed by atoms with Crippen molar-refractivity contribution >= 4 is 11.8 Å². The van der Waals surface area contributed by atoms with E-state index in [1.807, 2.05) is 49.6 Å². The zero-order chi connectivity index (χ0) is 13.7. The Labute approximate surface area is 117 Å². The molecule has 96 valence electrons. The quantitative estimate of drug-likeness (QED) is 0.797. The molecule has 19 heavy (non-hydrogen) atoms. The molecule has 0 fully saturated rings. The molecule has 0 aliphatic rings. The molecule has 0 aliphatic heterocycles. The van der Waals surface area contributed by atoms with Crippen molar-refractivity contribution in [2.24, 2.45) is 0 Å². The second kappa shape index (κ2) is 6.26. The Morgan fingerprint density at radius 1 is 1.32 bits per heavy atom. The Bertz CT molecular complexity index is 606. The SMILES string of the molecule is CSc1cc(C)nc(OCc2ccccc2)c1C#N. The number of ether oxygens (including phenoxy) is 1. The molecule has 0 saturated carbocycles. The van der Waals surface area contributed by atoms with Gasteiger partial charge in [0.1, 0.15) is 18.2 Å². The Kier molecular flexibility index (Phi) is 4.43. The highest BCUT2D eigenvalue weighted by Crippen LogP contribution is 2.27. The molecular weight excluding hydrogens is 256 g/mol. The van der Waals surface area contributed by atoms with Crippen molar-refractivity contribution in [3.63, 3.8) is 0 Å². The third-order valence-electron chi connectivity index (χ3n) is 2.63. The summed E-state index contributed by atoms with van der Waals surface area (Å²) in [4.78, 5) is 5.21. The molecular formula is C15H14N2OS. The fourth-order valence-corrected chi connectivity index (χ4v) is 2.34. The Morgan fingerprint density at radius 2 is 2.05 bits per heavy atom. The van der Waals surface area contributed by atoms with E-state index in [0.717, 1.165) is 16.2 Å². The van der Waals surface area contributed by atoms with Crippen LogP contribution in [0.4, 0.5) is 0 Å². The van der Waals surface area contributed by atoms with Gasteiger partial charge in [0.15, 0.2) is 0 Å². The average molecular weight is 270 g/mol. The van der Waals surface area contributed by atoms with E-state index in [1.54, 1.807) is 0 Å². The lowest BCUT2D eigenvalue weighted by Crippen LogP contribution is -2.01. The van der Waals surface area contributed by atoms with Crippen LogP contribution in [0.1, 0.15) is 16.8 Å². The van der Waals surface area contributed by atoms with Crippen LogP contribution in [-0.2, 0) is 6.61 Å². The summed E-state index contributed by atoms with van der Waals surface area (Å²) in [5, 5.41) is 9.24. The maximum Gasteiger partial charge on any atom is 0.233 e. The molecule has 0 bridgehead atoms. The van der Waals surface area contributed by atoms with Gasteiger partial charge in [-0.1, -0.05) is 30.3 Å². The Balaban J connectivity index is 2.25. The molecule has 0 aliphatic carbocycles. The first kappa shape index (κ1) is 13.4. The van der Waals surface area contributed by atoms with Crippen molar-refractivity contribution in [3.8, 4) is 11.9 Å². The van der Waals surface area contributed by atoms with Crippen LogP contribution in [0.25, 0.3) is 0 Å². The number of pyridine rings is 1. The number of hydrogen-bond acceptors (Lipinski definition) is 4. The summed E-state index contributed by atoms with van der Waals surface area (Å²) >= 11 is 1.53. The number of nitriles is 1. The van der Waals surface area contributed by atoms with Gasteiger partial charge in [0, 0.05) is 10.6 Å². The van der Waals surface area contributed by atoms with E-state index in [9.17, 15) is 5.26 Å². The maximum atomic E-state index is 9.24. The highest BCUT2D eigenvalue weighted by molar-refractivity contribution is 7.98. The highest BCUT2D eigenvalue weighted by Gasteiger charge is 2.12. The summed E-state index contributed by atoms with van der Waals surface area (Å²) in [6, 6.07) is 13.9. The van der Waals surface area contributed by atoms with Crippen LogP contribution in [-0.4, -0.2) is 11.2 Å². The number of thioether (sulfide) groups is 1. The van der Waals surface area contributed by atoms with E-state index in [0.29, 0.717) is 18.1 Å². The first-order valence-electron chi connectivity index (χ1n) is 5.87. The minimum absolute atomic E-state index is 0.413. The normalized spacial score (nSPS) is 9.95. The van der Waals surface area contributed by atoms with Crippen molar-refractivity contribution in [3.05, 3.63) is 53.2 Å². The largest absolute Gasteiger partial charge is 0.472 e. The Hall–Kier alpha value is -1.99. The number of hydrogen-bond donors (Lipinski definition) is 0. The summed E-state index contributed by atoms with van der Waals surface area (Å²) in [6.45, 7) is 2.32. The van der Waals surface area contributed by atoms with Gasteiger partial charge in [-0.15, -0.1) is 11.8 Å². The van der Waals surface area contributed by atoms with Crippen molar-refractivity contribution in [1.82, 2.24) is 4.98 Å². The molecule has 0 spiro atoms. The van der Waals surface area contributed by atoms with E-state index in [4.69, 9.17) is 4.74 Å². The minimum atomic E-state index is 0.413. The smallest absolute Gasteiger partial charge is 0.233 e. The van der Waals surface area contributed by atoms with Crippen LogP contribution in [0, 0.1) is 18.3 Å². The van der Waals surface area contributed by atoms with Gasteiger partial charge in [0.05, 0.1) is 0 Å². The number of aromatic nitrogens is 1. The summed E-state index contributed by atoms with van der Waals surface area (Å²) < 4.78 is 5.69. The minimum Gasteiger partial charge on any atom is -0.472 e. The third-order valence-corrected chi connectivity index (χ3v) is 3.39. The van der Waals surface area contributed by atoms with E-state index in [-0.39, 0.29) is 0 Å². The molecule has 1 aromatic carbocycles. The van der Waals surface area contributed by atoms with Crippen molar-refractivity contribution in [2.45, 2.75) is 18.4 Å². The van der Waals surface area contributed by atoms with Crippen LogP contribution in [0.3, 0.4) is 0 Å². The first-order valence-corrected chi connectivity index (χ1v) is 7.09. The van der Waals surface area contributed by atoms with E-state index in [2.05, 4.69) is 11.1 Å². The summed E-state index contributed by atoms with van der Waals surface area (Å²) in [5.74, 6) is 0.413. The van der Waals surface area contributed by atoms with E-state index < -0.39 is 0 Å². The molecule has 0 saturated heterocycles. The molecule has 0 N–H and O–H groups in total. The van der Waals surface area contributed by atoms with Crippen molar-refractivity contribution in [1.29, 1.82) is 5.26 Å².